The normalized spacial score (nSPS) is 17.2. The molecule has 9 nitrogen and oxygen atoms in total. The van der Waals surface area contributed by atoms with Crippen LogP contribution in [0.2, 0.25) is 6.32 Å². The lowest BCUT2D eigenvalue weighted by atomic mass is 9.78. The molecule has 26 heavy (non-hydrogen) atoms. The maximum Gasteiger partial charge on any atom is 0.522 e. The number of aliphatic carboxylic acids is 1. The SMILES string of the molecule is O=C(O)CNCCN1CC(Oc2ccc3c(c2C(=O)O)OB(O)CC3)C1. The third-order valence-electron chi connectivity index (χ3n) is 4.43. The molecule has 3 rings (SSSR count). The van der Waals surface area contributed by atoms with Gasteiger partial charge in [-0.1, -0.05) is 6.07 Å². The van der Waals surface area contributed by atoms with E-state index in [0.717, 1.165) is 5.56 Å². The molecule has 2 aliphatic rings. The number of carbonyl (C=O) groups is 2. The van der Waals surface area contributed by atoms with Gasteiger partial charge in [0, 0.05) is 26.2 Å². The minimum absolute atomic E-state index is 0.0529. The predicted octanol–water partition coefficient (Wildman–Crippen LogP) is -0.463. The van der Waals surface area contributed by atoms with Gasteiger partial charge in [0.05, 0.1) is 6.54 Å². The van der Waals surface area contributed by atoms with Crippen molar-refractivity contribution in [2.75, 3.05) is 32.7 Å². The lowest BCUT2D eigenvalue weighted by molar-refractivity contribution is -0.136. The summed E-state index contributed by atoms with van der Waals surface area (Å²) in [5, 5.41) is 30.6. The number of nitrogens with one attached hydrogen (secondary N) is 1. The topological polar surface area (TPSA) is 129 Å². The van der Waals surface area contributed by atoms with Gasteiger partial charge in [-0.05, 0) is 24.4 Å². The highest BCUT2D eigenvalue weighted by Crippen LogP contribution is 2.37. The average Bonchev–Trinajstić information content (AvgIpc) is 2.54. The Morgan fingerprint density at radius 3 is 2.81 bits per heavy atom. The Morgan fingerprint density at radius 1 is 1.35 bits per heavy atom. The Hall–Kier alpha value is -2.30. The van der Waals surface area contributed by atoms with E-state index in [1.54, 1.807) is 12.1 Å². The molecule has 140 valence electrons. The number of rotatable bonds is 8. The fourth-order valence-electron chi connectivity index (χ4n) is 3.11. The second-order valence-corrected chi connectivity index (χ2v) is 6.41. The molecule has 0 atom stereocenters. The number of hydrogen-bond acceptors (Lipinski definition) is 7. The first kappa shape index (κ1) is 18.5. The summed E-state index contributed by atoms with van der Waals surface area (Å²) in [4.78, 5) is 24.2. The molecule has 0 aromatic heterocycles. The number of aryl methyl sites for hydroxylation is 1. The van der Waals surface area contributed by atoms with Gasteiger partial charge in [0.1, 0.15) is 23.2 Å². The molecule has 0 saturated carbocycles. The lowest BCUT2D eigenvalue weighted by Gasteiger charge is -2.39. The first-order chi connectivity index (χ1) is 12.4. The van der Waals surface area contributed by atoms with Crippen LogP contribution in [0.3, 0.4) is 0 Å². The highest BCUT2D eigenvalue weighted by Gasteiger charge is 2.33. The summed E-state index contributed by atoms with van der Waals surface area (Å²) in [5.41, 5.74) is 0.697. The van der Waals surface area contributed by atoms with Crippen molar-refractivity contribution in [1.29, 1.82) is 0 Å². The van der Waals surface area contributed by atoms with Crippen LogP contribution in [0.4, 0.5) is 0 Å². The molecule has 1 saturated heterocycles. The summed E-state index contributed by atoms with van der Waals surface area (Å²) in [7, 11) is -1.01. The Labute approximate surface area is 150 Å². The highest BCUT2D eigenvalue weighted by atomic mass is 16.5. The van der Waals surface area contributed by atoms with Crippen molar-refractivity contribution >= 4 is 19.1 Å². The average molecular weight is 364 g/mol. The number of carboxylic acid groups (broad SMARTS) is 2. The van der Waals surface area contributed by atoms with Crippen LogP contribution in [0, 0.1) is 0 Å². The summed E-state index contributed by atoms with van der Waals surface area (Å²) in [6.07, 6.45) is 0.844. The quantitative estimate of drug-likeness (QED) is 0.358. The van der Waals surface area contributed by atoms with Gasteiger partial charge < -0.3 is 29.9 Å². The molecule has 0 radical (unpaired) electrons. The number of benzene rings is 1. The van der Waals surface area contributed by atoms with Crippen molar-refractivity contribution < 1.29 is 34.2 Å². The van der Waals surface area contributed by atoms with Crippen LogP contribution in [-0.4, -0.2) is 78.0 Å². The van der Waals surface area contributed by atoms with E-state index in [1.165, 1.54) is 0 Å². The Bertz CT molecular complexity index is 693. The van der Waals surface area contributed by atoms with Gasteiger partial charge in [-0.2, -0.15) is 0 Å². The van der Waals surface area contributed by atoms with Gasteiger partial charge in [-0.3, -0.25) is 9.69 Å². The van der Waals surface area contributed by atoms with Crippen molar-refractivity contribution in [2.24, 2.45) is 0 Å². The maximum atomic E-state index is 11.7. The van der Waals surface area contributed by atoms with Crippen LogP contribution in [0.25, 0.3) is 0 Å². The molecule has 1 aromatic carbocycles. The van der Waals surface area contributed by atoms with E-state index >= 15 is 0 Å². The van der Waals surface area contributed by atoms with Crippen LogP contribution >= 0.6 is 0 Å². The lowest BCUT2D eigenvalue weighted by Crippen LogP contribution is -2.55. The van der Waals surface area contributed by atoms with E-state index in [1.807, 2.05) is 0 Å². The summed E-state index contributed by atoms with van der Waals surface area (Å²) >= 11 is 0. The molecule has 1 fully saturated rings. The van der Waals surface area contributed by atoms with Crippen molar-refractivity contribution in [3.8, 4) is 11.5 Å². The van der Waals surface area contributed by atoms with Gasteiger partial charge in [-0.15, -0.1) is 0 Å². The molecule has 0 unspecified atom stereocenters. The number of carboxylic acids is 2. The predicted molar refractivity (Wildman–Crippen MR) is 91.9 cm³/mol. The maximum absolute atomic E-state index is 11.7. The number of hydrogen-bond donors (Lipinski definition) is 4. The van der Waals surface area contributed by atoms with Gasteiger partial charge in [-0.25, -0.2) is 4.79 Å². The van der Waals surface area contributed by atoms with Crippen molar-refractivity contribution in [3.63, 3.8) is 0 Å². The molecule has 0 spiro atoms. The first-order valence-electron chi connectivity index (χ1n) is 8.49. The van der Waals surface area contributed by atoms with Crippen LogP contribution < -0.4 is 14.7 Å². The van der Waals surface area contributed by atoms with E-state index in [4.69, 9.17) is 14.5 Å². The fraction of sp³-hybridized carbons (Fsp3) is 0.500. The molecule has 0 amide bonds. The number of ether oxygens (including phenoxy) is 1. The van der Waals surface area contributed by atoms with Crippen LogP contribution in [-0.2, 0) is 11.2 Å². The van der Waals surface area contributed by atoms with E-state index in [2.05, 4.69) is 10.2 Å². The van der Waals surface area contributed by atoms with Gasteiger partial charge >= 0.3 is 19.1 Å². The zero-order valence-corrected chi connectivity index (χ0v) is 14.2. The molecular formula is C16H21BN2O7. The smallest absolute Gasteiger partial charge is 0.522 e. The van der Waals surface area contributed by atoms with Crippen molar-refractivity contribution in [1.82, 2.24) is 10.2 Å². The van der Waals surface area contributed by atoms with E-state index < -0.39 is 19.1 Å². The van der Waals surface area contributed by atoms with E-state index in [-0.39, 0.29) is 29.7 Å². The van der Waals surface area contributed by atoms with Crippen LogP contribution in [0.5, 0.6) is 11.5 Å². The van der Waals surface area contributed by atoms with Crippen molar-refractivity contribution in [3.05, 3.63) is 23.3 Å². The monoisotopic (exact) mass is 364 g/mol. The third kappa shape index (κ3) is 4.27. The van der Waals surface area contributed by atoms with Crippen LogP contribution in [0.15, 0.2) is 12.1 Å². The zero-order valence-electron chi connectivity index (χ0n) is 14.2. The Morgan fingerprint density at radius 2 is 2.12 bits per heavy atom. The highest BCUT2D eigenvalue weighted by molar-refractivity contribution is 6.44. The molecule has 2 aliphatic heterocycles. The van der Waals surface area contributed by atoms with Gasteiger partial charge in [0.25, 0.3) is 0 Å². The standard InChI is InChI=1S/C16H21BN2O7/c20-13(21)7-18-5-6-19-8-11(9-19)25-12-2-1-10-3-4-17(24)26-15(10)14(12)16(22)23/h1-2,11,18,24H,3-9H2,(H,20,21)(H,22,23). The molecular weight excluding hydrogens is 343 g/mol. The molecule has 4 N–H and O–H groups in total. The molecule has 2 heterocycles. The van der Waals surface area contributed by atoms with E-state index in [9.17, 15) is 19.7 Å². The fourth-order valence-corrected chi connectivity index (χ4v) is 3.11. The Balaban J connectivity index is 1.57. The third-order valence-corrected chi connectivity index (χ3v) is 4.43. The summed E-state index contributed by atoms with van der Waals surface area (Å²) < 4.78 is 11.2. The van der Waals surface area contributed by atoms with Gasteiger partial charge in [0.2, 0.25) is 0 Å². The minimum Gasteiger partial charge on any atom is -0.535 e. The van der Waals surface area contributed by atoms with Crippen molar-refractivity contribution in [2.45, 2.75) is 18.8 Å². The summed E-state index contributed by atoms with van der Waals surface area (Å²) in [6, 6.07) is 3.41. The number of likely N-dealkylation sites (tertiary alicyclic amines) is 1. The van der Waals surface area contributed by atoms with Gasteiger partial charge in [0.15, 0.2) is 0 Å². The number of fused-ring (bicyclic) bond motifs is 1. The van der Waals surface area contributed by atoms with Crippen LogP contribution in [0.1, 0.15) is 15.9 Å². The molecule has 0 aliphatic carbocycles. The minimum atomic E-state index is -1.15. The largest absolute Gasteiger partial charge is 0.535 e. The number of aromatic carboxylic acids is 1. The number of nitrogens with zero attached hydrogens (tertiary/aromatic N) is 1. The second-order valence-electron chi connectivity index (χ2n) is 6.41. The Kier molecular flexibility index (Phi) is 5.65. The second kappa shape index (κ2) is 7.94. The molecule has 0 bridgehead atoms. The summed E-state index contributed by atoms with van der Waals surface area (Å²) in [5.74, 6) is -1.63. The molecule has 10 heteroatoms. The first-order valence-corrected chi connectivity index (χ1v) is 8.49. The zero-order chi connectivity index (χ0) is 18.7. The summed E-state index contributed by atoms with van der Waals surface area (Å²) in [6.45, 7) is 2.45. The molecule has 1 aromatic rings. The van der Waals surface area contributed by atoms with E-state index in [0.29, 0.717) is 38.9 Å².